The molecule has 0 radical (unpaired) electrons. The van der Waals surface area contributed by atoms with E-state index < -0.39 is 6.10 Å². The summed E-state index contributed by atoms with van der Waals surface area (Å²) in [6.07, 6.45) is -0.456. The molecule has 2 aromatic rings. The average Bonchev–Trinajstić information content (AvgIpc) is 2.57. The summed E-state index contributed by atoms with van der Waals surface area (Å²) in [5.74, 6) is 5.29. The second-order valence-electron chi connectivity index (χ2n) is 4.62. The molecule has 1 N–H and O–H groups in total. The van der Waals surface area contributed by atoms with Gasteiger partial charge in [0.1, 0.15) is 0 Å². The van der Waals surface area contributed by atoms with E-state index in [0.29, 0.717) is 29.9 Å². The van der Waals surface area contributed by atoms with E-state index in [0.717, 1.165) is 11.3 Å². The Hall–Kier alpha value is -0.761. The number of hydrogen-bond donors (Lipinski definition) is 1. The summed E-state index contributed by atoms with van der Waals surface area (Å²) in [6.45, 7) is 0. The molecule has 112 valence electrons. The first kappa shape index (κ1) is 16.6. The third-order valence-corrected chi connectivity index (χ3v) is 11.7. The fourth-order valence-electron chi connectivity index (χ4n) is 2.38. The Labute approximate surface area is 139 Å². The van der Waals surface area contributed by atoms with Gasteiger partial charge in [-0.15, -0.1) is 0 Å². The maximum atomic E-state index is 11.0. The minimum atomic E-state index is -0.456. The summed E-state index contributed by atoms with van der Waals surface area (Å²) in [5.41, 5.74) is 2.21. The number of ether oxygens (including phenoxy) is 1. The predicted molar refractivity (Wildman–Crippen MR) is 89.3 cm³/mol. The standard InChI is InChI=1S/C17H20O2Se2/c1-19-15-11-9-14(10-12-15)17(20-2,21-3)16(18)13-7-5-4-6-8-13/h4-12,16,18H,1-3H3. The summed E-state index contributed by atoms with van der Waals surface area (Å²) in [7, 11) is 1.68. The Morgan fingerprint density at radius 3 is 2.00 bits per heavy atom. The van der Waals surface area contributed by atoms with Crippen LogP contribution >= 0.6 is 0 Å². The van der Waals surface area contributed by atoms with Gasteiger partial charge in [-0.25, -0.2) is 0 Å². The van der Waals surface area contributed by atoms with Gasteiger partial charge in [-0.05, 0) is 0 Å². The molecule has 0 amide bonds. The van der Waals surface area contributed by atoms with Gasteiger partial charge in [0.25, 0.3) is 0 Å². The SMILES string of the molecule is COc1ccc(C([Se]C)([Se]C)C(O)c2ccccc2)cc1. The molecular formula is C17H20O2Se2. The van der Waals surface area contributed by atoms with E-state index in [9.17, 15) is 5.11 Å². The number of methoxy groups -OCH3 is 1. The van der Waals surface area contributed by atoms with Crippen LogP contribution in [-0.2, 0) is 3.21 Å². The molecule has 1 unspecified atom stereocenters. The van der Waals surface area contributed by atoms with E-state index >= 15 is 0 Å². The molecule has 2 nitrogen and oxygen atoms in total. The molecule has 0 heterocycles. The van der Waals surface area contributed by atoms with E-state index in [1.54, 1.807) is 7.11 Å². The van der Waals surface area contributed by atoms with E-state index in [2.05, 4.69) is 23.8 Å². The van der Waals surface area contributed by atoms with E-state index in [1.807, 2.05) is 42.5 Å². The van der Waals surface area contributed by atoms with Crippen molar-refractivity contribution in [2.75, 3.05) is 7.11 Å². The molecule has 21 heavy (non-hydrogen) atoms. The van der Waals surface area contributed by atoms with Gasteiger partial charge in [0.15, 0.2) is 0 Å². The second-order valence-corrected chi connectivity index (χ2v) is 10.3. The van der Waals surface area contributed by atoms with Crippen LogP contribution in [0, 0.1) is 0 Å². The van der Waals surface area contributed by atoms with Crippen LogP contribution in [0.2, 0.25) is 11.6 Å². The van der Waals surface area contributed by atoms with Crippen molar-refractivity contribution in [2.45, 2.75) is 21.0 Å². The van der Waals surface area contributed by atoms with Crippen LogP contribution in [0.5, 0.6) is 5.75 Å². The molecule has 0 aromatic heterocycles. The van der Waals surface area contributed by atoms with Crippen molar-refractivity contribution in [3.8, 4) is 5.75 Å². The summed E-state index contributed by atoms with van der Waals surface area (Å²) < 4.78 is 5.10. The Bertz CT molecular complexity index is 551. The van der Waals surface area contributed by atoms with Gasteiger partial charge in [-0.3, -0.25) is 0 Å². The quantitative estimate of drug-likeness (QED) is 0.737. The number of aliphatic hydroxyl groups is 1. The molecular weight excluding hydrogens is 394 g/mol. The molecule has 1 atom stereocenters. The van der Waals surface area contributed by atoms with Gasteiger partial charge in [0.05, 0.1) is 0 Å². The Kier molecular flexibility index (Phi) is 5.92. The van der Waals surface area contributed by atoms with E-state index in [-0.39, 0.29) is 3.21 Å². The molecule has 2 aromatic carbocycles. The van der Waals surface area contributed by atoms with E-state index in [1.165, 1.54) is 5.56 Å². The zero-order valence-electron chi connectivity index (χ0n) is 12.4. The summed E-state index contributed by atoms with van der Waals surface area (Å²) in [4.78, 5) is 0. The van der Waals surface area contributed by atoms with Crippen molar-refractivity contribution in [1.29, 1.82) is 0 Å². The number of benzene rings is 2. The molecule has 0 spiro atoms. The summed E-state index contributed by atoms with van der Waals surface area (Å²) >= 11 is 0.594. The van der Waals surface area contributed by atoms with Crippen LogP contribution in [0.3, 0.4) is 0 Å². The second kappa shape index (κ2) is 7.49. The number of aliphatic hydroxyl groups excluding tert-OH is 1. The van der Waals surface area contributed by atoms with Crippen molar-refractivity contribution in [3.63, 3.8) is 0 Å². The fraction of sp³-hybridized carbons (Fsp3) is 0.294. The van der Waals surface area contributed by atoms with E-state index in [4.69, 9.17) is 4.74 Å². The van der Waals surface area contributed by atoms with Gasteiger partial charge in [-0.1, -0.05) is 0 Å². The Balaban J connectivity index is 2.43. The Morgan fingerprint density at radius 2 is 1.52 bits per heavy atom. The monoisotopic (exact) mass is 416 g/mol. The first-order chi connectivity index (χ1) is 10.2. The molecule has 0 bridgehead atoms. The molecule has 2 rings (SSSR count). The van der Waals surface area contributed by atoms with Gasteiger partial charge in [0.2, 0.25) is 0 Å². The minimum absolute atomic E-state index is 0.145. The third-order valence-electron chi connectivity index (χ3n) is 3.57. The zero-order chi connectivity index (χ0) is 15.3. The first-order valence-electron chi connectivity index (χ1n) is 6.65. The van der Waals surface area contributed by atoms with Crippen LogP contribution in [0.1, 0.15) is 17.2 Å². The van der Waals surface area contributed by atoms with Gasteiger partial charge < -0.3 is 0 Å². The van der Waals surface area contributed by atoms with Crippen molar-refractivity contribution < 1.29 is 9.84 Å². The van der Waals surface area contributed by atoms with Crippen molar-refractivity contribution >= 4 is 29.9 Å². The average molecular weight is 414 g/mol. The molecule has 0 fully saturated rings. The normalized spacial score (nSPS) is 13.0. The van der Waals surface area contributed by atoms with Crippen molar-refractivity contribution in [3.05, 3.63) is 65.7 Å². The van der Waals surface area contributed by atoms with Crippen molar-refractivity contribution in [2.24, 2.45) is 0 Å². The maximum absolute atomic E-state index is 11.0. The Morgan fingerprint density at radius 1 is 0.952 bits per heavy atom. The van der Waals surface area contributed by atoms with Gasteiger partial charge in [0, 0.05) is 0 Å². The van der Waals surface area contributed by atoms with Crippen LogP contribution in [0.15, 0.2) is 54.6 Å². The van der Waals surface area contributed by atoms with Crippen LogP contribution in [0.25, 0.3) is 0 Å². The topological polar surface area (TPSA) is 29.5 Å². The van der Waals surface area contributed by atoms with Crippen LogP contribution in [0.4, 0.5) is 0 Å². The van der Waals surface area contributed by atoms with Crippen LogP contribution < -0.4 is 4.74 Å². The molecule has 0 aliphatic rings. The van der Waals surface area contributed by atoms with Gasteiger partial charge >= 0.3 is 139 Å². The zero-order valence-corrected chi connectivity index (χ0v) is 15.9. The molecule has 0 aliphatic carbocycles. The van der Waals surface area contributed by atoms with Crippen molar-refractivity contribution in [1.82, 2.24) is 0 Å². The number of rotatable bonds is 6. The third kappa shape index (κ3) is 3.36. The molecule has 0 saturated carbocycles. The first-order valence-corrected chi connectivity index (χ1v) is 11.8. The summed E-state index contributed by atoms with van der Waals surface area (Å²) in [6, 6.07) is 18.2. The molecule has 0 saturated heterocycles. The number of hydrogen-bond acceptors (Lipinski definition) is 2. The molecule has 0 aliphatic heterocycles. The summed E-state index contributed by atoms with van der Waals surface area (Å²) in [5, 5.41) is 11.0. The predicted octanol–water partition coefficient (Wildman–Crippen LogP) is 3.09. The fourth-order valence-corrected chi connectivity index (χ4v) is 7.61. The van der Waals surface area contributed by atoms with Gasteiger partial charge in [-0.2, -0.15) is 0 Å². The van der Waals surface area contributed by atoms with Crippen LogP contribution in [-0.4, -0.2) is 42.1 Å². The molecule has 4 heteroatoms.